The first-order valence-electron chi connectivity index (χ1n) is 7.95. The minimum atomic E-state index is -1.04. The van der Waals surface area contributed by atoms with Crippen LogP contribution in [0.4, 0.5) is 0 Å². The monoisotopic (exact) mass is 300 g/mol. The van der Waals surface area contributed by atoms with Crippen LogP contribution in [0.5, 0.6) is 0 Å². The van der Waals surface area contributed by atoms with E-state index in [9.17, 15) is 20.1 Å². The molecule has 5 heteroatoms. The van der Waals surface area contributed by atoms with E-state index in [-0.39, 0.29) is 12.8 Å². The van der Waals surface area contributed by atoms with E-state index in [2.05, 4.69) is 6.92 Å². The minimum absolute atomic E-state index is 0.119. The number of rotatable bonds is 6. The van der Waals surface area contributed by atoms with E-state index < -0.39 is 30.4 Å². The van der Waals surface area contributed by atoms with Gasteiger partial charge in [0.2, 0.25) is 0 Å². The maximum absolute atomic E-state index is 11.7. The fourth-order valence-corrected chi connectivity index (χ4v) is 2.45. The lowest BCUT2D eigenvalue weighted by molar-refractivity contribution is -0.153. The SMILES string of the molecule is CCCCCCC[C@H]1C[C@H](O)[C@H](O)/C=C/[C@@H](O)CC(=O)O1. The molecule has 0 fully saturated rings. The van der Waals surface area contributed by atoms with E-state index in [4.69, 9.17) is 4.74 Å². The van der Waals surface area contributed by atoms with Gasteiger partial charge in [-0.25, -0.2) is 0 Å². The van der Waals surface area contributed by atoms with Crippen LogP contribution in [-0.4, -0.2) is 45.7 Å². The molecule has 0 aromatic heterocycles. The van der Waals surface area contributed by atoms with Crippen molar-refractivity contribution in [1.82, 2.24) is 0 Å². The number of unbranched alkanes of at least 4 members (excludes halogenated alkanes) is 4. The van der Waals surface area contributed by atoms with Gasteiger partial charge in [0.15, 0.2) is 0 Å². The number of aliphatic hydroxyl groups is 3. The Bertz CT molecular complexity index is 329. The molecular formula is C16H28O5. The molecule has 0 saturated carbocycles. The van der Waals surface area contributed by atoms with Crippen molar-refractivity contribution in [3.63, 3.8) is 0 Å². The lowest BCUT2D eigenvalue weighted by Gasteiger charge is -2.24. The molecule has 0 aromatic rings. The predicted molar refractivity (Wildman–Crippen MR) is 79.7 cm³/mol. The van der Waals surface area contributed by atoms with Crippen LogP contribution in [0.25, 0.3) is 0 Å². The van der Waals surface area contributed by atoms with Crippen molar-refractivity contribution in [3.05, 3.63) is 12.2 Å². The molecule has 0 saturated heterocycles. The topological polar surface area (TPSA) is 87.0 Å². The lowest BCUT2D eigenvalue weighted by atomic mass is 9.99. The Kier molecular flexibility index (Phi) is 8.57. The molecule has 0 aromatic carbocycles. The van der Waals surface area contributed by atoms with Gasteiger partial charge in [-0.05, 0) is 12.8 Å². The molecule has 21 heavy (non-hydrogen) atoms. The van der Waals surface area contributed by atoms with Crippen LogP contribution in [-0.2, 0) is 9.53 Å². The smallest absolute Gasteiger partial charge is 0.309 e. The summed E-state index contributed by atoms with van der Waals surface area (Å²) in [7, 11) is 0. The molecule has 1 aliphatic heterocycles. The fraction of sp³-hybridized carbons (Fsp3) is 0.812. The number of hydrogen-bond donors (Lipinski definition) is 3. The zero-order valence-electron chi connectivity index (χ0n) is 12.8. The highest BCUT2D eigenvalue weighted by Crippen LogP contribution is 2.18. The van der Waals surface area contributed by atoms with Crippen LogP contribution in [0.1, 0.15) is 58.3 Å². The molecule has 0 radical (unpaired) electrons. The molecule has 5 nitrogen and oxygen atoms in total. The molecule has 3 N–H and O–H groups in total. The average Bonchev–Trinajstić information content (AvgIpc) is 2.43. The van der Waals surface area contributed by atoms with Gasteiger partial charge in [0, 0.05) is 6.42 Å². The van der Waals surface area contributed by atoms with E-state index >= 15 is 0 Å². The van der Waals surface area contributed by atoms with Crippen LogP contribution < -0.4 is 0 Å². The molecule has 0 amide bonds. The molecule has 4 atom stereocenters. The van der Waals surface area contributed by atoms with Gasteiger partial charge in [-0.1, -0.05) is 44.8 Å². The van der Waals surface area contributed by atoms with Crippen LogP contribution in [0.3, 0.4) is 0 Å². The summed E-state index contributed by atoms with van der Waals surface area (Å²) in [6.45, 7) is 2.15. The van der Waals surface area contributed by atoms with Crippen LogP contribution in [0.2, 0.25) is 0 Å². The standard InChI is InChI=1S/C16H28O5/c1-2-3-4-5-6-7-13-11-15(19)14(18)9-8-12(17)10-16(20)21-13/h8-9,12-15,17-19H,2-7,10-11H2,1H3/b9-8+/t12-,13+,14-,15+/m1/s1. The third kappa shape index (κ3) is 7.60. The van der Waals surface area contributed by atoms with E-state index in [1.165, 1.54) is 25.0 Å². The normalized spacial score (nSPS) is 32.5. The summed E-state index contributed by atoms with van der Waals surface area (Å²) >= 11 is 0. The number of aliphatic hydroxyl groups excluding tert-OH is 3. The zero-order chi connectivity index (χ0) is 15.7. The summed E-state index contributed by atoms with van der Waals surface area (Å²) in [5.41, 5.74) is 0. The molecule has 1 heterocycles. The number of cyclic esters (lactones) is 1. The fourth-order valence-electron chi connectivity index (χ4n) is 2.45. The summed E-state index contributed by atoms with van der Waals surface area (Å²) in [4.78, 5) is 11.7. The van der Waals surface area contributed by atoms with E-state index in [1.54, 1.807) is 0 Å². The summed E-state index contributed by atoms with van der Waals surface area (Å²) in [5.74, 6) is -0.464. The summed E-state index contributed by atoms with van der Waals surface area (Å²) in [5, 5.41) is 29.2. The second-order valence-electron chi connectivity index (χ2n) is 5.76. The Balaban J connectivity index is 2.52. The Morgan fingerprint density at radius 1 is 1.14 bits per heavy atom. The third-order valence-electron chi connectivity index (χ3n) is 3.73. The van der Waals surface area contributed by atoms with E-state index in [1.807, 2.05) is 0 Å². The maximum atomic E-state index is 11.7. The van der Waals surface area contributed by atoms with Crippen LogP contribution >= 0.6 is 0 Å². The molecule has 0 aliphatic carbocycles. The van der Waals surface area contributed by atoms with Crippen molar-refractivity contribution in [3.8, 4) is 0 Å². The van der Waals surface area contributed by atoms with Gasteiger partial charge in [-0.3, -0.25) is 4.79 Å². The molecule has 1 rings (SSSR count). The van der Waals surface area contributed by atoms with E-state index in [0.29, 0.717) is 6.42 Å². The van der Waals surface area contributed by atoms with Crippen molar-refractivity contribution in [2.24, 2.45) is 0 Å². The zero-order valence-corrected chi connectivity index (χ0v) is 12.8. The van der Waals surface area contributed by atoms with Crippen LogP contribution in [0, 0.1) is 0 Å². The first-order chi connectivity index (χ1) is 10.0. The first-order valence-corrected chi connectivity index (χ1v) is 7.95. The van der Waals surface area contributed by atoms with Crippen LogP contribution in [0.15, 0.2) is 12.2 Å². The molecular weight excluding hydrogens is 272 g/mol. The average molecular weight is 300 g/mol. The van der Waals surface area contributed by atoms with Crippen molar-refractivity contribution in [2.75, 3.05) is 0 Å². The van der Waals surface area contributed by atoms with Gasteiger partial charge in [-0.15, -0.1) is 0 Å². The van der Waals surface area contributed by atoms with Crippen molar-refractivity contribution < 1.29 is 24.9 Å². The summed E-state index contributed by atoms with van der Waals surface area (Å²) in [6, 6.07) is 0. The molecule has 122 valence electrons. The predicted octanol–water partition coefficient (Wildman–Crippen LogP) is 1.69. The third-order valence-corrected chi connectivity index (χ3v) is 3.73. The van der Waals surface area contributed by atoms with Crippen molar-refractivity contribution in [2.45, 2.75) is 82.7 Å². The Labute approximate surface area is 126 Å². The van der Waals surface area contributed by atoms with E-state index in [0.717, 1.165) is 19.3 Å². The summed E-state index contributed by atoms with van der Waals surface area (Å²) < 4.78 is 5.32. The van der Waals surface area contributed by atoms with Gasteiger partial charge in [0.05, 0.1) is 24.7 Å². The Hall–Kier alpha value is -0.910. The largest absolute Gasteiger partial charge is 0.462 e. The van der Waals surface area contributed by atoms with Gasteiger partial charge >= 0.3 is 5.97 Å². The van der Waals surface area contributed by atoms with Crippen molar-refractivity contribution in [1.29, 1.82) is 0 Å². The first kappa shape index (κ1) is 18.1. The minimum Gasteiger partial charge on any atom is -0.462 e. The molecule has 0 bridgehead atoms. The number of carbonyl (C=O) groups is 1. The highest BCUT2D eigenvalue weighted by Gasteiger charge is 2.24. The molecule has 0 spiro atoms. The number of hydrogen-bond acceptors (Lipinski definition) is 5. The second kappa shape index (κ2) is 9.92. The van der Waals surface area contributed by atoms with Gasteiger partial charge < -0.3 is 20.1 Å². The Morgan fingerprint density at radius 2 is 1.86 bits per heavy atom. The second-order valence-corrected chi connectivity index (χ2v) is 5.76. The highest BCUT2D eigenvalue weighted by atomic mass is 16.5. The quantitative estimate of drug-likeness (QED) is 0.395. The maximum Gasteiger partial charge on any atom is 0.309 e. The number of esters is 1. The van der Waals surface area contributed by atoms with Gasteiger partial charge in [-0.2, -0.15) is 0 Å². The van der Waals surface area contributed by atoms with Gasteiger partial charge in [0.25, 0.3) is 0 Å². The number of ether oxygens (including phenoxy) is 1. The number of carbonyl (C=O) groups excluding carboxylic acids is 1. The van der Waals surface area contributed by atoms with Gasteiger partial charge in [0.1, 0.15) is 6.10 Å². The lowest BCUT2D eigenvalue weighted by Crippen LogP contribution is -2.33. The van der Waals surface area contributed by atoms with Crippen molar-refractivity contribution >= 4 is 5.97 Å². The molecule has 0 unspecified atom stereocenters. The highest BCUT2D eigenvalue weighted by molar-refractivity contribution is 5.70. The summed E-state index contributed by atoms with van der Waals surface area (Å²) in [6.07, 6.45) is 5.56. The Morgan fingerprint density at radius 3 is 2.57 bits per heavy atom. The molecule has 1 aliphatic rings.